The van der Waals surface area contributed by atoms with Crippen LogP contribution >= 0.6 is 11.6 Å². The number of amides is 1. The maximum atomic E-state index is 12.9. The zero-order valence-corrected chi connectivity index (χ0v) is 15.7. The van der Waals surface area contributed by atoms with Gasteiger partial charge in [-0.05, 0) is 49.1 Å². The van der Waals surface area contributed by atoms with Gasteiger partial charge in [-0.3, -0.25) is 9.89 Å². The standard InChI is InChI=1S/C21H20ClN3O2/c1-2-27-19-10-8-14(11-17(19)22)20-16(12-23-25-20)21(26)24-18-9-7-13-5-3-4-6-15(13)18/h3-6,8,10-12,18H,2,7,9H2,1H3,(H,23,25)(H,24,26). The molecule has 3 aromatic rings. The van der Waals surface area contributed by atoms with Gasteiger partial charge >= 0.3 is 0 Å². The molecular formula is C21H20ClN3O2. The van der Waals surface area contributed by atoms with Crippen LogP contribution in [0.4, 0.5) is 0 Å². The molecule has 0 aliphatic heterocycles. The van der Waals surface area contributed by atoms with Gasteiger partial charge in [-0.1, -0.05) is 35.9 Å². The number of aromatic amines is 1. The van der Waals surface area contributed by atoms with Crippen LogP contribution in [0.15, 0.2) is 48.7 Å². The third-order valence-electron chi connectivity index (χ3n) is 4.84. The highest BCUT2D eigenvalue weighted by molar-refractivity contribution is 6.32. The van der Waals surface area contributed by atoms with Crippen LogP contribution in [0.1, 0.15) is 40.9 Å². The van der Waals surface area contributed by atoms with Crippen LogP contribution in [-0.4, -0.2) is 22.7 Å². The summed E-state index contributed by atoms with van der Waals surface area (Å²) in [4.78, 5) is 12.9. The number of carbonyl (C=O) groups is 1. The average Bonchev–Trinajstić information content (AvgIpc) is 3.31. The van der Waals surface area contributed by atoms with Gasteiger partial charge in [0.25, 0.3) is 5.91 Å². The minimum atomic E-state index is -0.148. The first-order valence-electron chi connectivity index (χ1n) is 9.02. The number of halogens is 1. The van der Waals surface area contributed by atoms with Crippen molar-refractivity contribution >= 4 is 17.5 Å². The van der Waals surface area contributed by atoms with E-state index in [1.165, 1.54) is 11.1 Å². The van der Waals surface area contributed by atoms with Gasteiger partial charge in [0.1, 0.15) is 5.75 Å². The van der Waals surface area contributed by atoms with Gasteiger partial charge in [-0.25, -0.2) is 0 Å². The third kappa shape index (κ3) is 3.43. The second-order valence-electron chi connectivity index (χ2n) is 6.50. The minimum absolute atomic E-state index is 0.0281. The molecule has 1 aliphatic rings. The van der Waals surface area contributed by atoms with Gasteiger partial charge in [-0.15, -0.1) is 0 Å². The van der Waals surface area contributed by atoms with Crippen molar-refractivity contribution in [3.8, 4) is 17.0 Å². The normalized spacial score (nSPS) is 15.4. The van der Waals surface area contributed by atoms with Crippen molar-refractivity contribution in [1.82, 2.24) is 15.5 Å². The molecule has 6 heteroatoms. The Kier molecular flexibility index (Phi) is 4.86. The highest BCUT2D eigenvalue weighted by atomic mass is 35.5. The summed E-state index contributed by atoms with van der Waals surface area (Å²) < 4.78 is 5.47. The average molecular weight is 382 g/mol. The molecule has 5 nitrogen and oxygen atoms in total. The summed E-state index contributed by atoms with van der Waals surface area (Å²) in [6, 6.07) is 13.7. The van der Waals surface area contributed by atoms with E-state index in [2.05, 4.69) is 27.6 Å². The van der Waals surface area contributed by atoms with Gasteiger partial charge in [-0.2, -0.15) is 5.10 Å². The summed E-state index contributed by atoms with van der Waals surface area (Å²) in [7, 11) is 0. The molecule has 27 heavy (non-hydrogen) atoms. The summed E-state index contributed by atoms with van der Waals surface area (Å²) in [6.45, 7) is 2.45. The number of carbonyl (C=O) groups excluding carboxylic acids is 1. The van der Waals surface area contributed by atoms with Crippen LogP contribution in [-0.2, 0) is 6.42 Å². The first-order valence-corrected chi connectivity index (χ1v) is 9.40. The summed E-state index contributed by atoms with van der Waals surface area (Å²) >= 11 is 6.29. The Morgan fingerprint density at radius 3 is 3.00 bits per heavy atom. The van der Waals surface area contributed by atoms with E-state index < -0.39 is 0 Å². The molecular weight excluding hydrogens is 362 g/mol. The van der Waals surface area contributed by atoms with Crippen LogP contribution in [0, 0.1) is 0 Å². The molecule has 1 atom stereocenters. The predicted octanol–water partition coefficient (Wildman–Crippen LogP) is 4.55. The maximum Gasteiger partial charge on any atom is 0.255 e. The van der Waals surface area contributed by atoms with E-state index in [0.717, 1.165) is 18.4 Å². The van der Waals surface area contributed by atoms with E-state index in [1.807, 2.05) is 25.1 Å². The molecule has 1 amide bonds. The van der Waals surface area contributed by atoms with Crippen LogP contribution < -0.4 is 10.1 Å². The Balaban J connectivity index is 1.57. The predicted molar refractivity (Wildman–Crippen MR) is 105 cm³/mol. The lowest BCUT2D eigenvalue weighted by Gasteiger charge is -2.14. The van der Waals surface area contributed by atoms with E-state index in [0.29, 0.717) is 28.6 Å². The Hall–Kier alpha value is -2.79. The molecule has 0 saturated heterocycles. The molecule has 0 spiro atoms. The van der Waals surface area contributed by atoms with Gasteiger partial charge in [0, 0.05) is 5.56 Å². The molecule has 2 aromatic carbocycles. The van der Waals surface area contributed by atoms with Crippen LogP contribution in [0.5, 0.6) is 5.75 Å². The van der Waals surface area contributed by atoms with Crippen molar-refractivity contribution in [2.45, 2.75) is 25.8 Å². The molecule has 2 N–H and O–H groups in total. The number of aromatic nitrogens is 2. The summed E-state index contributed by atoms with van der Waals surface area (Å²) in [6.07, 6.45) is 3.44. The number of ether oxygens (including phenoxy) is 1. The Morgan fingerprint density at radius 1 is 1.33 bits per heavy atom. The molecule has 138 valence electrons. The van der Waals surface area contributed by atoms with Crippen molar-refractivity contribution in [2.24, 2.45) is 0 Å². The second-order valence-corrected chi connectivity index (χ2v) is 6.91. The van der Waals surface area contributed by atoms with Crippen molar-refractivity contribution in [3.05, 3.63) is 70.4 Å². The number of nitrogens with zero attached hydrogens (tertiary/aromatic N) is 1. The Bertz CT molecular complexity index is 983. The van der Waals surface area contributed by atoms with E-state index in [9.17, 15) is 4.79 Å². The molecule has 0 fully saturated rings. The monoisotopic (exact) mass is 381 g/mol. The van der Waals surface area contributed by atoms with Crippen LogP contribution in [0.2, 0.25) is 5.02 Å². The van der Waals surface area contributed by atoms with Crippen molar-refractivity contribution < 1.29 is 9.53 Å². The Labute approximate surface area is 162 Å². The molecule has 0 saturated carbocycles. The number of hydrogen-bond donors (Lipinski definition) is 2. The van der Waals surface area contributed by atoms with Crippen LogP contribution in [0.3, 0.4) is 0 Å². The fraction of sp³-hybridized carbons (Fsp3) is 0.238. The SMILES string of the molecule is CCOc1ccc(-c2[nH]ncc2C(=O)NC2CCc3ccccc32)cc1Cl. The highest BCUT2D eigenvalue weighted by Gasteiger charge is 2.25. The number of fused-ring (bicyclic) bond motifs is 1. The molecule has 4 rings (SSSR count). The summed E-state index contributed by atoms with van der Waals surface area (Å²) in [5, 5.41) is 10.6. The van der Waals surface area contributed by atoms with Gasteiger partial charge in [0.2, 0.25) is 0 Å². The minimum Gasteiger partial charge on any atom is -0.492 e. The molecule has 1 aromatic heterocycles. The Morgan fingerprint density at radius 2 is 2.19 bits per heavy atom. The number of hydrogen-bond acceptors (Lipinski definition) is 3. The van der Waals surface area contributed by atoms with E-state index in [-0.39, 0.29) is 11.9 Å². The fourth-order valence-electron chi connectivity index (χ4n) is 3.55. The van der Waals surface area contributed by atoms with Crippen molar-refractivity contribution in [3.63, 3.8) is 0 Å². The lowest BCUT2D eigenvalue weighted by atomic mass is 10.1. The second kappa shape index (κ2) is 7.45. The van der Waals surface area contributed by atoms with Gasteiger partial charge < -0.3 is 10.1 Å². The first kappa shape index (κ1) is 17.6. The maximum absolute atomic E-state index is 12.9. The highest BCUT2D eigenvalue weighted by Crippen LogP contribution is 2.33. The quantitative estimate of drug-likeness (QED) is 0.681. The molecule has 0 bridgehead atoms. The third-order valence-corrected chi connectivity index (χ3v) is 5.14. The summed E-state index contributed by atoms with van der Waals surface area (Å²) in [5.74, 6) is 0.474. The van der Waals surface area contributed by atoms with Gasteiger partial charge in [0.15, 0.2) is 0 Å². The number of benzene rings is 2. The van der Waals surface area contributed by atoms with E-state index in [1.54, 1.807) is 18.3 Å². The number of aryl methyl sites for hydroxylation is 1. The molecule has 1 heterocycles. The fourth-order valence-corrected chi connectivity index (χ4v) is 3.79. The first-order chi connectivity index (χ1) is 13.2. The number of H-pyrrole nitrogens is 1. The molecule has 0 radical (unpaired) electrons. The van der Waals surface area contributed by atoms with Crippen LogP contribution in [0.25, 0.3) is 11.3 Å². The summed E-state index contributed by atoms with van der Waals surface area (Å²) in [5.41, 5.74) is 4.43. The van der Waals surface area contributed by atoms with Crippen molar-refractivity contribution in [2.75, 3.05) is 6.61 Å². The lowest BCUT2D eigenvalue weighted by molar-refractivity contribution is 0.0937. The van der Waals surface area contributed by atoms with Gasteiger partial charge in [0.05, 0.1) is 35.1 Å². The van der Waals surface area contributed by atoms with Crippen molar-refractivity contribution in [1.29, 1.82) is 0 Å². The number of nitrogens with one attached hydrogen (secondary N) is 2. The van der Waals surface area contributed by atoms with E-state index in [4.69, 9.17) is 16.3 Å². The zero-order chi connectivity index (χ0) is 18.8. The molecule has 1 aliphatic carbocycles. The molecule has 1 unspecified atom stereocenters. The smallest absolute Gasteiger partial charge is 0.255 e. The lowest BCUT2D eigenvalue weighted by Crippen LogP contribution is -2.27. The number of rotatable bonds is 5. The topological polar surface area (TPSA) is 67.0 Å². The largest absolute Gasteiger partial charge is 0.492 e. The zero-order valence-electron chi connectivity index (χ0n) is 15.0. The van der Waals surface area contributed by atoms with E-state index >= 15 is 0 Å².